The summed E-state index contributed by atoms with van der Waals surface area (Å²) >= 11 is 0. The molecule has 0 bridgehead atoms. The van der Waals surface area contributed by atoms with Crippen LogP contribution < -0.4 is 10.6 Å². The van der Waals surface area contributed by atoms with Crippen molar-refractivity contribution in [1.82, 2.24) is 5.32 Å². The third kappa shape index (κ3) is 3.54. The number of benzene rings is 1. The van der Waals surface area contributed by atoms with Crippen molar-refractivity contribution in [3.8, 4) is 0 Å². The molecule has 1 atom stereocenters. The lowest BCUT2D eigenvalue weighted by atomic mass is 10.1. The number of ether oxygens (including phenoxy) is 1. The van der Waals surface area contributed by atoms with Gasteiger partial charge >= 0.3 is 0 Å². The van der Waals surface area contributed by atoms with Crippen molar-refractivity contribution < 1.29 is 14.3 Å². The highest BCUT2D eigenvalue weighted by Crippen LogP contribution is 2.21. The first-order chi connectivity index (χ1) is 9.11. The number of anilines is 1. The number of carbonyl (C=O) groups excluding carboxylic acids is 2. The van der Waals surface area contributed by atoms with Crippen LogP contribution in [-0.4, -0.2) is 31.1 Å². The van der Waals surface area contributed by atoms with E-state index in [9.17, 15) is 9.59 Å². The Bertz CT molecular complexity index is 483. The summed E-state index contributed by atoms with van der Waals surface area (Å²) in [5, 5.41) is 5.62. The Morgan fingerprint density at radius 1 is 1.32 bits per heavy atom. The van der Waals surface area contributed by atoms with Crippen molar-refractivity contribution in [2.24, 2.45) is 0 Å². The molecule has 1 fully saturated rings. The molecule has 0 aromatic heterocycles. The van der Waals surface area contributed by atoms with E-state index in [1.807, 2.05) is 0 Å². The van der Waals surface area contributed by atoms with Crippen molar-refractivity contribution in [2.45, 2.75) is 31.9 Å². The SMILES string of the molecule is COC(C)C(=O)Nc1ccccc1C(=O)NC1CC1. The van der Waals surface area contributed by atoms with Gasteiger partial charge in [0.15, 0.2) is 0 Å². The Balaban J connectivity index is 2.11. The topological polar surface area (TPSA) is 67.4 Å². The zero-order valence-electron chi connectivity index (χ0n) is 11.1. The van der Waals surface area contributed by atoms with Crippen LogP contribution >= 0.6 is 0 Å². The molecular weight excluding hydrogens is 244 g/mol. The Kier molecular flexibility index (Phi) is 4.16. The summed E-state index contributed by atoms with van der Waals surface area (Å²) in [7, 11) is 1.47. The second-order valence-corrected chi connectivity index (χ2v) is 4.66. The van der Waals surface area contributed by atoms with Crippen LogP contribution in [0.1, 0.15) is 30.1 Å². The highest BCUT2D eigenvalue weighted by molar-refractivity contribution is 6.04. The number of hydrogen-bond acceptors (Lipinski definition) is 3. The van der Waals surface area contributed by atoms with E-state index in [4.69, 9.17) is 4.74 Å². The van der Waals surface area contributed by atoms with E-state index in [0.717, 1.165) is 12.8 Å². The van der Waals surface area contributed by atoms with E-state index >= 15 is 0 Å². The minimum Gasteiger partial charge on any atom is -0.372 e. The van der Waals surface area contributed by atoms with E-state index in [1.54, 1.807) is 31.2 Å². The van der Waals surface area contributed by atoms with Crippen LogP contribution in [0, 0.1) is 0 Å². The van der Waals surface area contributed by atoms with Crippen LogP contribution in [0.2, 0.25) is 0 Å². The fourth-order valence-electron chi connectivity index (χ4n) is 1.62. The molecule has 19 heavy (non-hydrogen) atoms. The summed E-state index contributed by atoms with van der Waals surface area (Å²) in [6, 6.07) is 7.25. The number of rotatable bonds is 5. The third-order valence-electron chi connectivity index (χ3n) is 3.06. The molecule has 1 aromatic carbocycles. The molecule has 0 spiro atoms. The number of methoxy groups -OCH3 is 1. The average molecular weight is 262 g/mol. The molecule has 0 heterocycles. The number of amides is 2. The van der Waals surface area contributed by atoms with Crippen LogP contribution in [0.5, 0.6) is 0 Å². The fraction of sp³-hybridized carbons (Fsp3) is 0.429. The number of nitrogens with one attached hydrogen (secondary N) is 2. The zero-order chi connectivity index (χ0) is 13.8. The Morgan fingerprint density at radius 2 is 2.00 bits per heavy atom. The molecule has 0 saturated heterocycles. The Morgan fingerprint density at radius 3 is 2.63 bits per heavy atom. The van der Waals surface area contributed by atoms with Gasteiger partial charge in [-0.05, 0) is 31.9 Å². The zero-order valence-corrected chi connectivity index (χ0v) is 11.1. The Labute approximate surface area is 112 Å². The molecule has 5 heteroatoms. The van der Waals surface area contributed by atoms with Gasteiger partial charge in [0.05, 0.1) is 11.3 Å². The van der Waals surface area contributed by atoms with Gasteiger partial charge in [-0.1, -0.05) is 12.1 Å². The quantitative estimate of drug-likeness (QED) is 0.846. The van der Waals surface area contributed by atoms with Crippen LogP contribution in [0.4, 0.5) is 5.69 Å². The molecule has 2 N–H and O–H groups in total. The maximum Gasteiger partial charge on any atom is 0.253 e. The summed E-state index contributed by atoms with van der Waals surface area (Å²) in [6.07, 6.45) is 1.50. The van der Waals surface area contributed by atoms with Gasteiger partial charge < -0.3 is 15.4 Å². The molecular formula is C14H18N2O3. The van der Waals surface area contributed by atoms with Gasteiger partial charge in [-0.25, -0.2) is 0 Å². The molecule has 1 aliphatic carbocycles. The number of carbonyl (C=O) groups is 2. The van der Waals surface area contributed by atoms with Gasteiger partial charge in [-0.15, -0.1) is 0 Å². The molecule has 1 saturated carbocycles. The van der Waals surface area contributed by atoms with Crippen molar-refractivity contribution in [1.29, 1.82) is 0 Å². The molecule has 2 rings (SSSR count). The Hall–Kier alpha value is -1.88. The molecule has 102 valence electrons. The lowest BCUT2D eigenvalue weighted by Crippen LogP contribution is -2.30. The van der Waals surface area contributed by atoms with Crippen LogP contribution in [0.15, 0.2) is 24.3 Å². The summed E-state index contributed by atoms with van der Waals surface area (Å²) in [5.41, 5.74) is 0.987. The van der Waals surface area contributed by atoms with Gasteiger partial charge in [-0.3, -0.25) is 9.59 Å². The van der Waals surface area contributed by atoms with Gasteiger partial charge in [0, 0.05) is 13.2 Å². The number of para-hydroxylation sites is 1. The first-order valence-electron chi connectivity index (χ1n) is 6.35. The van der Waals surface area contributed by atoms with Crippen molar-refractivity contribution in [3.63, 3.8) is 0 Å². The second-order valence-electron chi connectivity index (χ2n) is 4.66. The monoisotopic (exact) mass is 262 g/mol. The van der Waals surface area contributed by atoms with E-state index < -0.39 is 6.10 Å². The van der Waals surface area contributed by atoms with Gasteiger partial charge in [0.2, 0.25) is 0 Å². The molecule has 0 aliphatic heterocycles. The molecule has 1 aliphatic rings. The minimum absolute atomic E-state index is 0.150. The molecule has 1 aromatic rings. The van der Waals surface area contributed by atoms with E-state index in [2.05, 4.69) is 10.6 Å². The predicted octanol–water partition coefficient (Wildman–Crippen LogP) is 1.55. The summed E-state index contributed by atoms with van der Waals surface area (Å²) in [5.74, 6) is -0.419. The smallest absolute Gasteiger partial charge is 0.253 e. The largest absolute Gasteiger partial charge is 0.372 e. The maximum atomic E-state index is 12.0. The van der Waals surface area contributed by atoms with Crippen LogP contribution in [0.25, 0.3) is 0 Å². The standard InChI is InChI=1S/C14H18N2O3/c1-9(19-2)13(17)16-12-6-4-3-5-11(12)14(18)15-10-7-8-10/h3-6,9-10H,7-8H2,1-2H3,(H,15,18)(H,16,17). The van der Waals surface area contributed by atoms with Crippen molar-refractivity contribution in [3.05, 3.63) is 29.8 Å². The highest BCUT2D eigenvalue weighted by Gasteiger charge is 2.25. The maximum absolute atomic E-state index is 12.0. The lowest BCUT2D eigenvalue weighted by Gasteiger charge is -2.13. The summed E-state index contributed by atoms with van der Waals surface area (Å²) in [4.78, 5) is 23.8. The predicted molar refractivity (Wildman–Crippen MR) is 72.0 cm³/mol. The molecule has 2 amide bonds. The van der Waals surface area contributed by atoms with Crippen LogP contribution in [0.3, 0.4) is 0 Å². The second kappa shape index (κ2) is 5.84. The summed E-state index contributed by atoms with van der Waals surface area (Å²) in [6.45, 7) is 1.65. The highest BCUT2D eigenvalue weighted by atomic mass is 16.5. The minimum atomic E-state index is -0.556. The van der Waals surface area contributed by atoms with E-state index in [0.29, 0.717) is 11.3 Å². The normalized spacial score (nSPS) is 15.7. The molecule has 5 nitrogen and oxygen atoms in total. The van der Waals surface area contributed by atoms with E-state index in [1.165, 1.54) is 7.11 Å². The van der Waals surface area contributed by atoms with Crippen molar-refractivity contribution in [2.75, 3.05) is 12.4 Å². The lowest BCUT2D eigenvalue weighted by molar-refractivity contribution is -0.124. The van der Waals surface area contributed by atoms with Gasteiger partial charge in [0.1, 0.15) is 6.10 Å². The number of hydrogen-bond donors (Lipinski definition) is 2. The van der Waals surface area contributed by atoms with Gasteiger partial charge in [-0.2, -0.15) is 0 Å². The summed E-state index contributed by atoms with van der Waals surface area (Å²) < 4.78 is 4.95. The van der Waals surface area contributed by atoms with Gasteiger partial charge in [0.25, 0.3) is 11.8 Å². The average Bonchev–Trinajstić information content (AvgIpc) is 3.22. The first kappa shape index (κ1) is 13.5. The van der Waals surface area contributed by atoms with E-state index in [-0.39, 0.29) is 17.9 Å². The fourth-order valence-corrected chi connectivity index (χ4v) is 1.62. The first-order valence-corrected chi connectivity index (χ1v) is 6.35. The molecule has 0 radical (unpaired) electrons. The molecule has 1 unspecified atom stereocenters. The van der Waals surface area contributed by atoms with Crippen molar-refractivity contribution >= 4 is 17.5 Å². The van der Waals surface area contributed by atoms with Crippen LogP contribution in [-0.2, 0) is 9.53 Å². The third-order valence-corrected chi connectivity index (χ3v) is 3.06.